The summed E-state index contributed by atoms with van der Waals surface area (Å²) in [5, 5.41) is 20.7. The van der Waals surface area contributed by atoms with Crippen molar-refractivity contribution in [3.63, 3.8) is 0 Å². The van der Waals surface area contributed by atoms with Gasteiger partial charge < -0.3 is 5.73 Å². The Labute approximate surface area is 185 Å². The van der Waals surface area contributed by atoms with Crippen LogP contribution in [-0.4, -0.2) is 4.57 Å². The van der Waals surface area contributed by atoms with Crippen molar-refractivity contribution in [2.45, 2.75) is 5.92 Å². The fourth-order valence-electron chi connectivity index (χ4n) is 3.42. The van der Waals surface area contributed by atoms with Gasteiger partial charge in [0.2, 0.25) is 0 Å². The zero-order valence-electron chi connectivity index (χ0n) is 15.3. The Balaban J connectivity index is 2.07. The smallest absolute Gasteiger partial charge is 0.274 e. The van der Waals surface area contributed by atoms with Crippen LogP contribution in [0, 0.1) is 22.7 Å². The molecular weight excluding hydrogens is 439 g/mol. The molecule has 0 fully saturated rings. The average molecular weight is 451 g/mol. The van der Waals surface area contributed by atoms with Crippen LogP contribution in [0.5, 0.6) is 0 Å². The van der Waals surface area contributed by atoms with Gasteiger partial charge >= 0.3 is 0 Å². The molecule has 0 saturated carbocycles. The molecule has 0 unspecified atom stereocenters. The van der Waals surface area contributed by atoms with E-state index in [4.69, 9.17) is 28.9 Å². The van der Waals surface area contributed by atoms with Gasteiger partial charge in [0.25, 0.3) is 5.56 Å². The first-order valence-corrected chi connectivity index (χ1v) is 10.3. The second-order valence-electron chi connectivity index (χ2n) is 6.54. The summed E-state index contributed by atoms with van der Waals surface area (Å²) in [5.41, 5.74) is 7.67. The van der Waals surface area contributed by atoms with Gasteiger partial charge in [-0.1, -0.05) is 47.5 Å². The number of nitrogens with zero attached hydrogens (tertiary/aromatic N) is 3. The third kappa shape index (κ3) is 3.32. The molecule has 146 valence electrons. The van der Waals surface area contributed by atoms with Gasteiger partial charge in [0.15, 0.2) is 0 Å². The molecule has 4 rings (SSSR count). The lowest BCUT2D eigenvalue weighted by Crippen LogP contribution is -2.38. The lowest BCUT2D eigenvalue weighted by molar-refractivity contribution is 0.906. The van der Waals surface area contributed by atoms with Crippen molar-refractivity contribution in [1.82, 2.24) is 4.57 Å². The highest BCUT2D eigenvalue weighted by Crippen LogP contribution is 2.36. The maximum atomic E-state index is 13.1. The normalized spacial score (nSPS) is 16.2. The Hall–Kier alpha value is -3.29. The molecule has 0 bridgehead atoms. The topological polar surface area (TPSA) is 95.6 Å². The number of benzene rings is 2. The van der Waals surface area contributed by atoms with Crippen LogP contribution >= 0.6 is 34.5 Å². The molecule has 2 aromatic carbocycles. The van der Waals surface area contributed by atoms with Crippen molar-refractivity contribution in [3.05, 3.63) is 94.8 Å². The number of aromatic nitrogens is 1. The van der Waals surface area contributed by atoms with Crippen molar-refractivity contribution in [2.24, 2.45) is 5.73 Å². The summed E-state index contributed by atoms with van der Waals surface area (Å²) in [5.74, 6) is -0.681. The number of nitrogens with two attached hydrogens (primary N) is 1. The minimum Gasteiger partial charge on any atom is -0.384 e. The van der Waals surface area contributed by atoms with E-state index in [9.17, 15) is 15.3 Å². The number of hydrogen-bond acceptors (Lipinski definition) is 5. The van der Waals surface area contributed by atoms with E-state index < -0.39 is 11.5 Å². The van der Waals surface area contributed by atoms with E-state index in [1.807, 2.05) is 6.07 Å². The number of allylic oxidation sites excluding steroid dienone is 1. The number of fused-ring (bicyclic) bond motifs is 1. The Kier molecular flexibility index (Phi) is 5.24. The summed E-state index contributed by atoms with van der Waals surface area (Å²) in [6.45, 7) is 0. The molecule has 0 radical (unpaired) electrons. The quantitative estimate of drug-likeness (QED) is 0.648. The van der Waals surface area contributed by atoms with E-state index >= 15 is 0 Å². The molecular formula is C22H12Cl2N4OS. The van der Waals surface area contributed by atoms with Crippen molar-refractivity contribution in [1.29, 1.82) is 10.5 Å². The number of nitriles is 2. The van der Waals surface area contributed by atoms with Crippen molar-refractivity contribution in [3.8, 4) is 12.1 Å². The third-order valence-electron chi connectivity index (χ3n) is 4.72. The van der Waals surface area contributed by atoms with Gasteiger partial charge in [-0.3, -0.25) is 9.36 Å². The number of thiazole rings is 1. The molecule has 0 aliphatic carbocycles. The second-order valence-corrected chi connectivity index (χ2v) is 8.44. The zero-order valence-corrected chi connectivity index (χ0v) is 17.6. The summed E-state index contributed by atoms with van der Waals surface area (Å²) in [6, 6.07) is 18.2. The van der Waals surface area contributed by atoms with Gasteiger partial charge in [-0.25, -0.2) is 0 Å². The molecule has 1 aliphatic heterocycles. The molecule has 2 N–H and O–H groups in total. The maximum absolute atomic E-state index is 13.1. The first kappa shape index (κ1) is 20.0. The average Bonchev–Trinajstić information content (AvgIpc) is 3.04. The Morgan fingerprint density at radius 1 is 1.03 bits per heavy atom. The molecule has 3 aromatic rings. The van der Waals surface area contributed by atoms with Crippen LogP contribution < -0.4 is 20.5 Å². The summed E-state index contributed by atoms with van der Waals surface area (Å²) in [7, 11) is 0. The fourth-order valence-corrected chi connectivity index (χ4v) is 4.94. The highest BCUT2D eigenvalue weighted by atomic mass is 35.5. The Morgan fingerprint density at radius 3 is 2.33 bits per heavy atom. The molecule has 2 heterocycles. The summed E-state index contributed by atoms with van der Waals surface area (Å²) < 4.78 is 2.02. The lowest BCUT2D eigenvalue weighted by atomic mass is 9.84. The van der Waals surface area contributed by atoms with E-state index in [1.165, 1.54) is 4.57 Å². The van der Waals surface area contributed by atoms with Crippen molar-refractivity contribution >= 4 is 52.0 Å². The summed E-state index contributed by atoms with van der Waals surface area (Å²) >= 11 is 13.3. The van der Waals surface area contributed by atoms with Crippen LogP contribution in [0.1, 0.15) is 17.0 Å². The van der Waals surface area contributed by atoms with Crippen LogP contribution in [0.2, 0.25) is 10.0 Å². The third-order valence-corrected chi connectivity index (χ3v) is 6.30. The van der Waals surface area contributed by atoms with Crippen LogP contribution in [0.25, 0.3) is 17.5 Å². The number of hydrogen-bond donors (Lipinski definition) is 1. The molecule has 1 atom stereocenters. The van der Waals surface area contributed by atoms with Gasteiger partial charge in [0, 0.05) is 10.0 Å². The van der Waals surface area contributed by atoms with E-state index in [0.29, 0.717) is 24.8 Å². The first-order valence-electron chi connectivity index (χ1n) is 8.73. The molecule has 1 aliphatic rings. The molecule has 0 spiro atoms. The van der Waals surface area contributed by atoms with E-state index in [-0.39, 0.29) is 17.0 Å². The van der Waals surface area contributed by atoms with Gasteiger partial charge in [0.05, 0.1) is 33.7 Å². The Bertz CT molecular complexity index is 1480. The van der Waals surface area contributed by atoms with Gasteiger partial charge in [-0.05, 0) is 41.5 Å². The molecule has 1 aromatic heterocycles. The molecule has 8 heteroatoms. The van der Waals surface area contributed by atoms with Gasteiger partial charge in [0.1, 0.15) is 10.5 Å². The van der Waals surface area contributed by atoms with Crippen molar-refractivity contribution in [2.75, 3.05) is 0 Å². The maximum Gasteiger partial charge on any atom is 0.274 e. The predicted octanol–water partition coefficient (Wildman–Crippen LogP) is 3.17. The standard InChI is InChI=1S/C22H12Cl2N4OS/c23-14-5-1-3-12(7-14)8-18-21(29)28-20(27)16(10-25)19(17(11-26)22(28)30-18)13-4-2-6-15(24)9-13/h1-9,19H,27H2/b18-8+/t19-/m0/s1. The van der Waals surface area contributed by atoms with E-state index in [1.54, 1.807) is 48.5 Å². The van der Waals surface area contributed by atoms with E-state index in [2.05, 4.69) is 12.1 Å². The fraction of sp³-hybridized carbons (Fsp3) is 0.0455. The molecule has 30 heavy (non-hydrogen) atoms. The second kappa shape index (κ2) is 7.85. The number of halogens is 2. The van der Waals surface area contributed by atoms with Gasteiger partial charge in [-0.15, -0.1) is 11.3 Å². The molecule has 5 nitrogen and oxygen atoms in total. The van der Waals surface area contributed by atoms with Crippen LogP contribution in [-0.2, 0) is 0 Å². The SMILES string of the molecule is N#CC1=C(N)n2c(s/c(=C/c3cccc(Cl)c3)c2=O)=C(C#N)[C@H]1c1cccc(Cl)c1. The first-order chi connectivity index (χ1) is 14.4. The minimum atomic E-state index is -0.698. The predicted molar refractivity (Wildman–Crippen MR) is 119 cm³/mol. The summed E-state index contributed by atoms with van der Waals surface area (Å²) in [4.78, 5) is 13.1. The molecule has 0 saturated heterocycles. The lowest BCUT2D eigenvalue weighted by Gasteiger charge is -2.22. The van der Waals surface area contributed by atoms with Gasteiger partial charge in [-0.2, -0.15) is 10.5 Å². The highest BCUT2D eigenvalue weighted by Gasteiger charge is 2.32. The number of rotatable bonds is 2. The zero-order chi connectivity index (χ0) is 21.4. The Morgan fingerprint density at radius 2 is 1.70 bits per heavy atom. The van der Waals surface area contributed by atoms with Crippen LogP contribution in [0.4, 0.5) is 0 Å². The molecule has 0 amide bonds. The monoisotopic (exact) mass is 450 g/mol. The minimum absolute atomic E-state index is 0.0171. The summed E-state index contributed by atoms with van der Waals surface area (Å²) in [6.07, 6.45) is 1.69. The van der Waals surface area contributed by atoms with Crippen LogP contribution in [0.15, 0.2) is 58.9 Å². The van der Waals surface area contributed by atoms with Crippen molar-refractivity contribution < 1.29 is 0 Å². The van der Waals surface area contributed by atoms with Crippen LogP contribution in [0.3, 0.4) is 0 Å². The highest BCUT2D eigenvalue weighted by molar-refractivity contribution is 7.07. The van der Waals surface area contributed by atoms with E-state index in [0.717, 1.165) is 16.9 Å². The largest absolute Gasteiger partial charge is 0.384 e.